The fourth-order valence-electron chi connectivity index (χ4n) is 2.48. The first kappa shape index (κ1) is 18.4. The van der Waals surface area contributed by atoms with E-state index in [0.717, 1.165) is 11.3 Å². The van der Waals surface area contributed by atoms with E-state index < -0.39 is 5.82 Å². The number of methoxy groups -OCH3 is 1. The van der Waals surface area contributed by atoms with Crippen molar-refractivity contribution in [3.63, 3.8) is 0 Å². The average Bonchev–Trinajstić information content (AvgIpc) is 2.68. The smallest absolute Gasteiger partial charge is 0.224 e. The third-order valence-corrected chi connectivity index (χ3v) is 3.86. The Labute approximate surface area is 156 Å². The molecule has 1 N–H and O–H groups in total. The van der Waals surface area contributed by atoms with Gasteiger partial charge in [0, 0.05) is 24.4 Å². The minimum Gasteiger partial charge on any atom is -0.497 e. The molecular formula is C21H19FN2O3. The summed E-state index contributed by atoms with van der Waals surface area (Å²) in [5, 5.41) is 2.85. The molecule has 2 aromatic carbocycles. The predicted molar refractivity (Wildman–Crippen MR) is 99.3 cm³/mol. The fourth-order valence-corrected chi connectivity index (χ4v) is 2.48. The number of pyridine rings is 1. The predicted octanol–water partition coefficient (Wildman–Crippen LogP) is 3.88. The highest BCUT2D eigenvalue weighted by Crippen LogP contribution is 2.23. The van der Waals surface area contributed by atoms with Crippen molar-refractivity contribution in [2.45, 2.75) is 13.0 Å². The van der Waals surface area contributed by atoms with Crippen molar-refractivity contribution in [1.29, 1.82) is 0 Å². The van der Waals surface area contributed by atoms with Crippen molar-refractivity contribution < 1.29 is 18.7 Å². The number of aromatic nitrogens is 1. The van der Waals surface area contributed by atoms with Crippen molar-refractivity contribution in [3.8, 4) is 17.4 Å². The van der Waals surface area contributed by atoms with Crippen LogP contribution < -0.4 is 14.8 Å². The molecule has 1 aromatic heterocycles. The fraction of sp³-hybridized carbons (Fsp3) is 0.143. The van der Waals surface area contributed by atoms with E-state index in [-0.39, 0.29) is 18.9 Å². The van der Waals surface area contributed by atoms with Crippen molar-refractivity contribution in [2.24, 2.45) is 0 Å². The lowest BCUT2D eigenvalue weighted by Crippen LogP contribution is -2.24. The molecule has 1 heterocycles. The number of carbonyl (C=O) groups excluding carboxylic acids is 1. The van der Waals surface area contributed by atoms with Crippen LogP contribution in [0.3, 0.4) is 0 Å². The van der Waals surface area contributed by atoms with Crippen LogP contribution in [0.25, 0.3) is 0 Å². The van der Waals surface area contributed by atoms with Gasteiger partial charge < -0.3 is 14.8 Å². The molecule has 0 spiro atoms. The van der Waals surface area contributed by atoms with Crippen LogP contribution in [0, 0.1) is 5.82 Å². The van der Waals surface area contributed by atoms with Gasteiger partial charge in [-0.2, -0.15) is 0 Å². The van der Waals surface area contributed by atoms with Crippen LogP contribution in [0.15, 0.2) is 66.9 Å². The Morgan fingerprint density at radius 1 is 1.07 bits per heavy atom. The summed E-state index contributed by atoms with van der Waals surface area (Å²) in [5.74, 6) is 0.902. The highest BCUT2D eigenvalue weighted by Gasteiger charge is 2.09. The third kappa shape index (κ3) is 5.28. The molecule has 6 heteroatoms. The highest BCUT2D eigenvalue weighted by atomic mass is 19.1. The van der Waals surface area contributed by atoms with E-state index in [2.05, 4.69) is 10.3 Å². The van der Waals surface area contributed by atoms with Gasteiger partial charge in [-0.3, -0.25) is 4.79 Å². The zero-order chi connectivity index (χ0) is 19.1. The SMILES string of the molecule is COc1ccc(CC(=O)NCc2cccnc2Oc2cccc(F)c2)cc1. The van der Waals surface area contributed by atoms with Gasteiger partial charge in [0.1, 0.15) is 17.3 Å². The van der Waals surface area contributed by atoms with Crippen molar-refractivity contribution in [2.75, 3.05) is 7.11 Å². The molecule has 0 saturated heterocycles. The van der Waals surface area contributed by atoms with Crippen LogP contribution >= 0.6 is 0 Å². The van der Waals surface area contributed by atoms with Crippen LogP contribution in [-0.4, -0.2) is 18.0 Å². The largest absolute Gasteiger partial charge is 0.497 e. The minimum absolute atomic E-state index is 0.124. The van der Waals surface area contributed by atoms with Gasteiger partial charge in [-0.1, -0.05) is 24.3 Å². The zero-order valence-corrected chi connectivity index (χ0v) is 14.8. The monoisotopic (exact) mass is 366 g/mol. The topological polar surface area (TPSA) is 60.5 Å². The van der Waals surface area contributed by atoms with Crippen molar-refractivity contribution in [1.82, 2.24) is 10.3 Å². The van der Waals surface area contributed by atoms with Crippen molar-refractivity contribution in [3.05, 3.63) is 83.8 Å². The number of benzene rings is 2. The summed E-state index contributed by atoms with van der Waals surface area (Å²) < 4.78 is 24.1. The molecular weight excluding hydrogens is 347 g/mol. The number of carbonyl (C=O) groups is 1. The first-order valence-electron chi connectivity index (χ1n) is 8.41. The maximum absolute atomic E-state index is 13.3. The van der Waals surface area contributed by atoms with Gasteiger partial charge in [-0.25, -0.2) is 9.37 Å². The summed E-state index contributed by atoms with van der Waals surface area (Å²) in [6, 6.07) is 16.7. The second kappa shape index (κ2) is 8.80. The second-order valence-electron chi connectivity index (χ2n) is 5.83. The molecule has 5 nitrogen and oxygen atoms in total. The zero-order valence-electron chi connectivity index (χ0n) is 14.8. The lowest BCUT2D eigenvalue weighted by molar-refractivity contribution is -0.120. The molecule has 0 aliphatic heterocycles. The number of hydrogen-bond donors (Lipinski definition) is 1. The Balaban J connectivity index is 1.61. The normalized spacial score (nSPS) is 10.3. The maximum atomic E-state index is 13.3. The molecule has 1 amide bonds. The number of halogens is 1. The molecule has 0 aliphatic carbocycles. The number of rotatable bonds is 7. The van der Waals surface area contributed by atoms with Crippen LogP contribution in [0.2, 0.25) is 0 Å². The van der Waals surface area contributed by atoms with E-state index in [4.69, 9.17) is 9.47 Å². The van der Waals surface area contributed by atoms with Crippen LogP contribution in [-0.2, 0) is 17.8 Å². The van der Waals surface area contributed by atoms with Crippen LogP contribution in [0.4, 0.5) is 4.39 Å². The molecule has 3 rings (SSSR count). The summed E-state index contributed by atoms with van der Waals surface area (Å²) in [5.41, 5.74) is 1.58. The molecule has 138 valence electrons. The molecule has 0 radical (unpaired) electrons. The van der Waals surface area contributed by atoms with Gasteiger partial charge in [0.25, 0.3) is 0 Å². The Morgan fingerprint density at radius 2 is 1.89 bits per heavy atom. The summed E-state index contributed by atoms with van der Waals surface area (Å²) in [6.07, 6.45) is 1.83. The highest BCUT2D eigenvalue weighted by molar-refractivity contribution is 5.78. The number of hydrogen-bond acceptors (Lipinski definition) is 4. The molecule has 0 aliphatic rings. The molecule has 0 atom stereocenters. The number of nitrogens with one attached hydrogen (secondary N) is 1. The van der Waals surface area contributed by atoms with Gasteiger partial charge in [-0.15, -0.1) is 0 Å². The van der Waals surface area contributed by atoms with E-state index in [9.17, 15) is 9.18 Å². The average molecular weight is 366 g/mol. The van der Waals surface area contributed by atoms with E-state index in [1.807, 2.05) is 24.3 Å². The number of ether oxygens (including phenoxy) is 2. The molecule has 0 bridgehead atoms. The molecule has 3 aromatic rings. The lowest BCUT2D eigenvalue weighted by atomic mass is 10.1. The van der Waals surface area contributed by atoms with E-state index in [1.54, 1.807) is 37.6 Å². The number of nitrogens with zero attached hydrogens (tertiary/aromatic N) is 1. The molecule has 27 heavy (non-hydrogen) atoms. The minimum atomic E-state index is -0.391. The standard InChI is InChI=1S/C21H19FN2O3/c1-26-18-9-7-15(8-10-18)12-20(25)24-14-16-4-3-11-23-21(16)27-19-6-2-5-17(22)13-19/h2-11,13H,12,14H2,1H3,(H,24,25). The molecule has 0 unspecified atom stereocenters. The van der Waals surface area contributed by atoms with Crippen molar-refractivity contribution >= 4 is 5.91 Å². The maximum Gasteiger partial charge on any atom is 0.224 e. The van der Waals surface area contributed by atoms with Gasteiger partial charge in [0.2, 0.25) is 11.8 Å². The quantitative estimate of drug-likeness (QED) is 0.689. The summed E-state index contributed by atoms with van der Waals surface area (Å²) in [7, 11) is 1.60. The number of amides is 1. The van der Waals surface area contributed by atoms with Gasteiger partial charge in [0.15, 0.2) is 0 Å². The first-order valence-corrected chi connectivity index (χ1v) is 8.41. The molecule has 0 saturated carbocycles. The third-order valence-electron chi connectivity index (χ3n) is 3.86. The Bertz CT molecular complexity index is 913. The lowest BCUT2D eigenvalue weighted by Gasteiger charge is -2.11. The Hall–Kier alpha value is -3.41. The van der Waals surface area contributed by atoms with Gasteiger partial charge in [-0.05, 0) is 35.9 Å². The Morgan fingerprint density at radius 3 is 2.63 bits per heavy atom. The van der Waals surface area contributed by atoms with Gasteiger partial charge in [0.05, 0.1) is 13.5 Å². The van der Waals surface area contributed by atoms with E-state index in [0.29, 0.717) is 17.2 Å². The molecule has 0 fully saturated rings. The second-order valence-corrected chi connectivity index (χ2v) is 5.83. The van der Waals surface area contributed by atoms with E-state index >= 15 is 0 Å². The van der Waals surface area contributed by atoms with E-state index in [1.165, 1.54) is 12.1 Å². The summed E-state index contributed by atoms with van der Waals surface area (Å²) in [4.78, 5) is 16.4. The van der Waals surface area contributed by atoms with Crippen LogP contribution in [0.5, 0.6) is 17.4 Å². The first-order chi connectivity index (χ1) is 13.1. The summed E-state index contributed by atoms with van der Waals surface area (Å²) in [6.45, 7) is 0.257. The van der Waals surface area contributed by atoms with Gasteiger partial charge >= 0.3 is 0 Å². The van der Waals surface area contributed by atoms with Crippen LogP contribution in [0.1, 0.15) is 11.1 Å². The Kier molecular flexibility index (Phi) is 5.99. The summed E-state index contributed by atoms with van der Waals surface area (Å²) >= 11 is 0.